The Morgan fingerprint density at radius 2 is 1.89 bits per heavy atom. The first-order valence-corrected chi connectivity index (χ1v) is 6.98. The van der Waals surface area contributed by atoms with Gasteiger partial charge in [0.05, 0.1) is 0 Å². The molecule has 0 aliphatic carbocycles. The molecular formula is C15H25N3. The lowest BCUT2D eigenvalue weighted by Gasteiger charge is -2.28. The van der Waals surface area contributed by atoms with E-state index in [2.05, 4.69) is 29.4 Å². The van der Waals surface area contributed by atoms with E-state index in [9.17, 15) is 0 Å². The molecule has 0 radical (unpaired) electrons. The molecule has 1 aliphatic rings. The van der Waals surface area contributed by atoms with Crippen LogP contribution in [0.2, 0.25) is 0 Å². The Hall–Kier alpha value is -1.06. The van der Waals surface area contributed by atoms with Crippen molar-refractivity contribution >= 4 is 5.69 Å². The Morgan fingerprint density at radius 1 is 1.22 bits per heavy atom. The predicted octanol–water partition coefficient (Wildman–Crippen LogP) is 2.09. The molecule has 2 rings (SSSR count). The first-order valence-electron chi connectivity index (χ1n) is 6.98. The van der Waals surface area contributed by atoms with Gasteiger partial charge >= 0.3 is 0 Å². The third-order valence-corrected chi connectivity index (χ3v) is 3.88. The van der Waals surface area contributed by atoms with Gasteiger partial charge in [-0.25, -0.2) is 0 Å². The summed E-state index contributed by atoms with van der Waals surface area (Å²) in [4.78, 5) is 2.43. The summed E-state index contributed by atoms with van der Waals surface area (Å²) >= 11 is 0. The molecule has 0 aromatic heterocycles. The molecule has 0 unspecified atom stereocenters. The van der Waals surface area contributed by atoms with Gasteiger partial charge in [0.15, 0.2) is 0 Å². The second-order valence-electron chi connectivity index (χ2n) is 5.45. The minimum atomic E-state index is 0.838. The highest BCUT2D eigenvalue weighted by Crippen LogP contribution is 2.18. The smallest absolute Gasteiger partial charge is 0.0314 e. The van der Waals surface area contributed by atoms with Gasteiger partial charge < -0.3 is 16.0 Å². The Bertz CT molecular complexity index is 339. The lowest BCUT2D eigenvalue weighted by Crippen LogP contribution is -2.31. The van der Waals surface area contributed by atoms with Crippen molar-refractivity contribution < 1.29 is 0 Å². The fourth-order valence-electron chi connectivity index (χ4n) is 2.53. The van der Waals surface area contributed by atoms with Gasteiger partial charge in [-0.05, 0) is 69.6 Å². The van der Waals surface area contributed by atoms with Gasteiger partial charge in [-0.3, -0.25) is 0 Å². The minimum Gasteiger partial charge on any atom is -0.399 e. The normalized spacial score (nSPS) is 18.1. The van der Waals surface area contributed by atoms with Crippen LogP contribution in [0.25, 0.3) is 0 Å². The zero-order valence-corrected chi connectivity index (χ0v) is 11.4. The average molecular weight is 247 g/mol. The van der Waals surface area contributed by atoms with Crippen LogP contribution < -0.4 is 11.1 Å². The summed E-state index contributed by atoms with van der Waals surface area (Å²) in [7, 11) is 2.22. The molecule has 1 aromatic rings. The lowest BCUT2D eigenvalue weighted by atomic mass is 9.94. The number of nitrogen functional groups attached to an aromatic ring is 1. The quantitative estimate of drug-likeness (QED) is 0.618. The van der Waals surface area contributed by atoms with Crippen LogP contribution in [0, 0.1) is 5.92 Å². The average Bonchev–Trinajstić information content (AvgIpc) is 2.39. The van der Waals surface area contributed by atoms with Crippen molar-refractivity contribution in [3.05, 3.63) is 29.8 Å². The van der Waals surface area contributed by atoms with E-state index < -0.39 is 0 Å². The fraction of sp³-hybridized carbons (Fsp3) is 0.600. The molecule has 3 nitrogen and oxygen atoms in total. The maximum atomic E-state index is 5.67. The van der Waals surface area contributed by atoms with E-state index in [1.54, 1.807) is 0 Å². The van der Waals surface area contributed by atoms with Gasteiger partial charge in [0.25, 0.3) is 0 Å². The summed E-state index contributed by atoms with van der Waals surface area (Å²) in [6.45, 7) is 4.61. The highest BCUT2D eigenvalue weighted by atomic mass is 15.1. The summed E-state index contributed by atoms with van der Waals surface area (Å²) in [6.07, 6.45) is 4.03. The van der Waals surface area contributed by atoms with Crippen molar-refractivity contribution in [1.29, 1.82) is 0 Å². The molecule has 1 saturated heterocycles. The van der Waals surface area contributed by atoms with E-state index >= 15 is 0 Å². The van der Waals surface area contributed by atoms with E-state index in [0.717, 1.165) is 24.7 Å². The molecule has 18 heavy (non-hydrogen) atoms. The van der Waals surface area contributed by atoms with Crippen molar-refractivity contribution in [3.63, 3.8) is 0 Å². The second-order valence-corrected chi connectivity index (χ2v) is 5.45. The van der Waals surface area contributed by atoms with Gasteiger partial charge in [-0.2, -0.15) is 0 Å². The molecule has 0 bridgehead atoms. The zero-order chi connectivity index (χ0) is 12.8. The molecule has 0 amide bonds. The van der Waals surface area contributed by atoms with E-state index in [4.69, 9.17) is 5.73 Å². The van der Waals surface area contributed by atoms with E-state index in [1.165, 1.54) is 37.9 Å². The van der Waals surface area contributed by atoms with Crippen LogP contribution in [-0.4, -0.2) is 31.6 Å². The molecule has 1 aromatic carbocycles. The molecule has 3 heteroatoms. The van der Waals surface area contributed by atoms with Crippen LogP contribution in [0.5, 0.6) is 0 Å². The maximum Gasteiger partial charge on any atom is 0.0314 e. The Kier molecular flexibility index (Phi) is 5.02. The maximum absolute atomic E-state index is 5.67. The first kappa shape index (κ1) is 13.4. The predicted molar refractivity (Wildman–Crippen MR) is 77.4 cm³/mol. The number of nitrogens with two attached hydrogens (primary N) is 1. The Morgan fingerprint density at radius 3 is 2.56 bits per heavy atom. The van der Waals surface area contributed by atoms with Crippen molar-refractivity contribution in [2.45, 2.75) is 25.8 Å². The summed E-state index contributed by atoms with van der Waals surface area (Å²) < 4.78 is 0. The third-order valence-electron chi connectivity index (χ3n) is 3.88. The van der Waals surface area contributed by atoms with E-state index in [1.807, 2.05) is 12.1 Å². The Balaban J connectivity index is 1.60. The number of hydrogen-bond acceptors (Lipinski definition) is 3. The molecule has 1 aliphatic heterocycles. The van der Waals surface area contributed by atoms with Gasteiger partial charge in [0.1, 0.15) is 0 Å². The standard InChI is InChI=1S/C15H25N3/c1-18-10-7-13(8-11-18)6-9-17-12-14-2-4-15(16)5-3-14/h2-5,13,17H,6-12,16H2,1H3. The second kappa shape index (κ2) is 6.76. The highest BCUT2D eigenvalue weighted by Gasteiger charge is 2.15. The van der Waals surface area contributed by atoms with Crippen LogP contribution in [0.15, 0.2) is 24.3 Å². The summed E-state index contributed by atoms with van der Waals surface area (Å²) in [6, 6.07) is 8.12. The summed E-state index contributed by atoms with van der Waals surface area (Å²) in [5.74, 6) is 0.917. The molecule has 3 N–H and O–H groups in total. The van der Waals surface area contributed by atoms with Crippen molar-refractivity contribution in [2.75, 3.05) is 32.4 Å². The lowest BCUT2D eigenvalue weighted by molar-refractivity contribution is 0.211. The van der Waals surface area contributed by atoms with Crippen LogP contribution in [0.1, 0.15) is 24.8 Å². The number of hydrogen-bond donors (Lipinski definition) is 2. The van der Waals surface area contributed by atoms with Crippen LogP contribution in [0.4, 0.5) is 5.69 Å². The van der Waals surface area contributed by atoms with E-state index in [-0.39, 0.29) is 0 Å². The highest BCUT2D eigenvalue weighted by molar-refractivity contribution is 5.39. The summed E-state index contributed by atoms with van der Waals surface area (Å²) in [5.41, 5.74) is 7.82. The van der Waals surface area contributed by atoms with Crippen molar-refractivity contribution in [2.24, 2.45) is 5.92 Å². The third kappa shape index (κ3) is 4.31. The molecule has 0 saturated carbocycles. The summed E-state index contributed by atoms with van der Waals surface area (Å²) in [5, 5.41) is 3.53. The molecule has 100 valence electrons. The molecule has 1 heterocycles. The van der Waals surface area contributed by atoms with Gasteiger partial charge in [-0.1, -0.05) is 12.1 Å². The first-order chi connectivity index (χ1) is 8.74. The van der Waals surface area contributed by atoms with Crippen molar-refractivity contribution in [1.82, 2.24) is 10.2 Å². The topological polar surface area (TPSA) is 41.3 Å². The number of benzene rings is 1. The van der Waals surface area contributed by atoms with Gasteiger partial charge in [0.2, 0.25) is 0 Å². The number of likely N-dealkylation sites (tertiary alicyclic amines) is 1. The van der Waals surface area contributed by atoms with Gasteiger partial charge in [0, 0.05) is 12.2 Å². The van der Waals surface area contributed by atoms with Crippen LogP contribution >= 0.6 is 0 Å². The number of nitrogens with zero attached hydrogens (tertiary/aromatic N) is 1. The van der Waals surface area contributed by atoms with Gasteiger partial charge in [-0.15, -0.1) is 0 Å². The Labute approximate surface area is 110 Å². The minimum absolute atomic E-state index is 0.838. The zero-order valence-electron chi connectivity index (χ0n) is 11.4. The SMILES string of the molecule is CN1CCC(CCNCc2ccc(N)cc2)CC1. The number of anilines is 1. The monoisotopic (exact) mass is 247 g/mol. The van der Waals surface area contributed by atoms with Crippen LogP contribution in [-0.2, 0) is 6.54 Å². The van der Waals surface area contributed by atoms with Crippen LogP contribution in [0.3, 0.4) is 0 Å². The van der Waals surface area contributed by atoms with Crippen molar-refractivity contribution in [3.8, 4) is 0 Å². The largest absolute Gasteiger partial charge is 0.399 e. The number of piperidine rings is 1. The molecule has 0 spiro atoms. The number of rotatable bonds is 5. The molecule has 0 atom stereocenters. The molecule has 1 fully saturated rings. The van der Waals surface area contributed by atoms with E-state index in [0.29, 0.717) is 0 Å². The number of nitrogens with one attached hydrogen (secondary N) is 1. The fourth-order valence-corrected chi connectivity index (χ4v) is 2.53. The molecular weight excluding hydrogens is 222 g/mol.